The minimum Gasteiger partial charge on any atom is -0.0625 e. The van der Waals surface area contributed by atoms with Crippen LogP contribution in [0.2, 0.25) is 0 Å². The van der Waals surface area contributed by atoms with Crippen molar-refractivity contribution >= 4 is 10.8 Å². The largest absolute Gasteiger partial charge is 0.0625 e. The molecule has 0 radical (unpaired) electrons. The molecule has 0 heterocycles. The van der Waals surface area contributed by atoms with Crippen LogP contribution in [0, 0.1) is 11.8 Å². The summed E-state index contributed by atoms with van der Waals surface area (Å²) < 4.78 is 0. The van der Waals surface area contributed by atoms with Crippen molar-refractivity contribution in [1.29, 1.82) is 0 Å². The number of hydrogen-bond acceptors (Lipinski definition) is 0. The molecule has 2 aromatic carbocycles. The maximum Gasteiger partial charge on any atom is -0.0181 e. The molecule has 3 rings (SSSR count). The molecule has 0 nitrogen and oxygen atoms in total. The zero-order valence-corrected chi connectivity index (χ0v) is 12.6. The summed E-state index contributed by atoms with van der Waals surface area (Å²) in [5, 5.41) is 2.74. The quantitative estimate of drug-likeness (QED) is 0.637. The summed E-state index contributed by atoms with van der Waals surface area (Å²) >= 11 is 0. The van der Waals surface area contributed by atoms with Crippen LogP contribution in [0.4, 0.5) is 0 Å². The summed E-state index contributed by atoms with van der Waals surface area (Å²) in [4.78, 5) is 0. The Morgan fingerprint density at radius 2 is 1.65 bits per heavy atom. The molecule has 1 aliphatic rings. The van der Waals surface area contributed by atoms with Gasteiger partial charge in [0.15, 0.2) is 0 Å². The van der Waals surface area contributed by atoms with E-state index >= 15 is 0 Å². The lowest BCUT2D eigenvalue weighted by Crippen LogP contribution is -2.12. The number of fused-ring (bicyclic) bond motifs is 1. The van der Waals surface area contributed by atoms with E-state index in [1.54, 1.807) is 0 Å². The third kappa shape index (κ3) is 3.42. The van der Waals surface area contributed by atoms with Crippen molar-refractivity contribution < 1.29 is 0 Å². The molecular weight excluding hydrogens is 240 g/mol. The maximum absolute atomic E-state index is 2.41. The van der Waals surface area contributed by atoms with Gasteiger partial charge < -0.3 is 0 Å². The van der Waals surface area contributed by atoms with Crippen molar-refractivity contribution in [2.75, 3.05) is 0 Å². The summed E-state index contributed by atoms with van der Waals surface area (Å²) in [6.45, 7) is 2.41. The minimum absolute atomic E-state index is 0.978. The molecule has 0 heteroatoms. The Bertz CT molecular complexity index is 547. The van der Waals surface area contributed by atoms with Gasteiger partial charge in [0.2, 0.25) is 0 Å². The maximum atomic E-state index is 2.41. The van der Waals surface area contributed by atoms with Crippen molar-refractivity contribution in [3.63, 3.8) is 0 Å². The van der Waals surface area contributed by atoms with Gasteiger partial charge in [-0.2, -0.15) is 0 Å². The highest BCUT2D eigenvalue weighted by Crippen LogP contribution is 2.31. The van der Waals surface area contributed by atoms with Crippen LogP contribution < -0.4 is 0 Å². The highest BCUT2D eigenvalue weighted by molar-refractivity contribution is 5.82. The highest BCUT2D eigenvalue weighted by Gasteiger charge is 2.17. The lowest BCUT2D eigenvalue weighted by atomic mass is 9.80. The average molecular weight is 266 g/mol. The smallest absolute Gasteiger partial charge is 0.0181 e. The van der Waals surface area contributed by atoms with Crippen LogP contribution >= 0.6 is 0 Å². The fourth-order valence-electron chi connectivity index (χ4n) is 3.61. The fourth-order valence-corrected chi connectivity index (χ4v) is 3.61. The summed E-state index contributed by atoms with van der Waals surface area (Å²) in [7, 11) is 0. The lowest BCUT2D eigenvalue weighted by molar-refractivity contribution is 0.274. The van der Waals surface area contributed by atoms with Crippen molar-refractivity contribution in [3.05, 3.63) is 48.0 Å². The van der Waals surface area contributed by atoms with Crippen LogP contribution in [0.3, 0.4) is 0 Å². The molecule has 106 valence electrons. The van der Waals surface area contributed by atoms with Gasteiger partial charge >= 0.3 is 0 Å². The van der Waals surface area contributed by atoms with Gasteiger partial charge in [-0.3, -0.25) is 0 Å². The van der Waals surface area contributed by atoms with Gasteiger partial charge in [-0.15, -0.1) is 0 Å². The van der Waals surface area contributed by atoms with Crippen LogP contribution in [-0.4, -0.2) is 0 Å². The normalized spacial score (nSPS) is 23.1. The first kappa shape index (κ1) is 13.7. The minimum atomic E-state index is 0.978. The van der Waals surface area contributed by atoms with Crippen LogP contribution in [0.15, 0.2) is 42.5 Å². The molecule has 0 saturated heterocycles. The molecular formula is C20H26. The number of rotatable bonds is 4. The molecule has 20 heavy (non-hydrogen) atoms. The Labute approximate surface area is 123 Å². The van der Waals surface area contributed by atoms with Gasteiger partial charge in [0.05, 0.1) is 0 Å². The predicted octanol–water partition coefficient (Wildman–Crippen LogP) is 5.99. The molecule has 1 fully saturated rings. The van der Waals surface area contributed by atoms with Crippen molar-refractivity contribution in [1.82, 2.24) is 0 Å². The highest BCUT2D eigenvalue weighted by atomic mass is 14.2. The Hall–Kier alpha value is -1.30. The summed E-state index contributed by atoms with van der Waals surface area (Å²) in [6, 6.07) is 15.6. The van der Waals surface area contributed by atoms with E-state index in [-0.39, 0.29) is 0 Å². The fraction of sp³-hybridized carbons (Fsp3) is 0.500. The van der Waals surface area contributed by atoms with E-state index in [4.69, 9.17) is 0 Å². The topological polar surface area (TPSA) is 0 Å². The van der Waals surface area contributed by atoms with Crippen LogP contribution in [0.5, 0.6) is 0 Å². The molecule has 0 atom stereocenters. The van der Waals surface area contributed by atoms with Crippen molar-refractivity contribution in [3.8, 4) is 0 Å². The first-order valence-electron chi connectivity index (χ1n) is 8.29. The number of aryl methyl sites for hydroxylation is 1. The molecule has 1 saturated carbocycles. The first-order chi connectivity index (χ1) is 9.81. The van der Waals surface area contributed by atoms with E-state index in [0.29, 0.717) is 0 Å². The van der Waals surface area contributed by atoms with Gasteiger partial charge in [0, 0.05) is 0 Å². The summed E-state index contributed by atoms with van der Waals surface area (Å²) in [5.41, 5.74) is 1.51. The molecule has 0 amide bonds. The Kier molecular flexibility index (Phi) is 4.40. The predicted molar refractivity (Wildman–Crippen MR) is 88.0 cm³/mol. The number of hydrogen-bond donors (Lipinski definition) is 0. The Balaban J connectivity index is 1.52. The number of benzene rings is 2. The second-order valence-electron chi connectivity index (χ2n) is 6.70. The second-order valence-corrected chi connectivity index (χ2v) is 6.70. The van der Waals surface area contributed by atoms with E-state index in [2.05, 4.69) is 49.4 Å². The van der Waals surface area contributed by atoms with E-state index in [9.17, 15) is 0 Å². The average Bonchev–Trinajstić information content (AvgIpc) is 2.49. The zero-order valence-electron chi connectivity index (χ0n) is 12.6. The zero-order chi connectivity index (χ0) is 13.8. The van der Waals surface area contributed by atoms with Crippen molar-refractivity contribution in [2.45, 2.75) is 51.9 Å². The van der Waals surface area contributed by atoms with Gasteiger partial charge in [0.1, 0.15) is 0 Å². The van der Waals surface area contributed by atoms with Crippen LogP contribution in [-0.2, 0) is 6.42 Å². The Morgan fingerprint density at radius 1 is 0.900 bits per heavy atom. The molecule has 0 bridgehead atoms. The van der Waals surface area contributed by atoms with Gasteiger partial charge in [0.25, 0.3) is 0 Å². The van der Waals surface area contributed by atoms with Crippen molar-refractivity contribution in [2.24, 2.45) is 11.8 Å². The SMILES string of the molecule is CC1CCC(CCCc2ccc3ccccc3c2)CC1. The molecule has 0 unspecified atom stereocenters. The van der Waals surface area contributed by atoms with Gasteiger partial charge in [-0.05, 0) is 41.0 Å². The molecule has 0 aliphatic heterocycles. The lowest BCUT2D eigenvalue weighted by Gasteiger charge is -2.26. The van der Waals surface area contributed by atoms with E-state index in [1.165, 1.54) is 61.3 Å². The first-order valence-corrected chi connectivity index (χ1v) is 8.29. The molecule has 0 aromatic heterocycles. The molecule has 2 aromatic rings. The summed E-state index contributed by atoms with van der Waals surface area (Å²) in [6.07, 6.45) is 9.90. The van der Waals surface area contributed by atoms with Crippen LogP contribution in [0.1, 0.15) is 51.0 Å². The van der Waals surface area contributed by atoms with Gasteiger partial charge in [-0.1, -0.05) is 81.5 Å². The van der Waals surface area contributed by atoms with Gasteiger partial charge in [-0.25, -0.2) is 0 Å². The molecule has 1 aliphatic carbocycles. The Morgan fingerprint density at radius 3 is 2.45 bits per heavy atom. The molecule has 0 spiro atoms. The molecule has 0 N–H and O–H groups in total. The van der Waals surface area contributed by atoms with E-state index < -0.39 is 0 Å². The monoisotopic (exact) mass is 266 g/mol. The van der Waals surface area contributed by atoms with Crippen LogP contribution in [0.25, 0.3) is 10.8 Å². The standard InChI is InChI=1S/C20H26/c1-16-9-11-17(12-10-16)5-4-6-18-13-14-19-7-2-3-8-20(19)15-18/h2-3,7-8,13-17H,4-6,9-12H2,1H3. The second kappa shape index (κ2) is 6.43. The third-order valence-electron chi connectivity index (χ3n) is 5.03. The third-order valence-corrected chi connectivity index (χ3v) is 5.03. The van der Waals surface area contributed by atoms with E-state index in [0.717, 1.165) is 11.8 Å². The summed E-state index contributed by atoms with van der Waals surface area (Å²) in [5.74, 6) is 1.98. The van der Waals surface area contributed by atoms with E-state index in [1.807, 2.05) is 0 Å².